The van der Waals surface area contributed by atoms with Crippen molar-refractivity contribution in [3.63, 3.8) is 0 Å². The SMILES string of the molecule is CCc1ccccc1NC(=O)c1ccc(-c2cccc(Cl)c2C)o1. The number of rotatable bonds is 4. The van der Waals surface area contributed by atoms with Crippen LogP contribution in [0.25, 0.3) is 11.3 Å². The molecular formula is C20H18ClNO2. The molecular weight excluding hydrogens is 322 g/mol. The van der Waals surface area contributed by atoms with Gasteiger partial charge in [0.1, 0.15) is 5.76 Å². The van der Waals surface area contributed by atoms with Gasteiger partial charge in [-0.2, -0.15) is 0 Å². The minimum atomic E-state index is -0.262. The Balaban J connectivity index is 1.85. The summed E-state index contributed by atoms with van der Waals surface area (Å²) in [7, 11) is 0. The summed E-state index contributed by atoms with van der Waals surface area (Å²) in [5, 5.41) is 3.58. The molecule has 1 aromatic heterocycles. The van der Waals surface area contributed by atoms with E-state index in [2.05, 4.69) is 12.2 Å². The van der Waals surface area contributed by atoms with Gasteiger partial charge in [-0.25, -0.2) is 0 Å². The fourth-order valence-corrected chi connectivity index (χ4v) is 2.79. The molecule has 0 unspecified atom stereocenters. The van der Waals surface area contributed by atoms with Crippen LogP contribution < -0.4 is 5.32 Å². The normalized spacial score (nSPS) is 10.6. The summed E-state index contributed by atoms with van der Waals surface area (Å²) in [6.07, 6.45) is 0.849. The van der Waals surface area contributed by atoms with Crippen LogP contribution in [0.1, 0.15) is 28.6 Å². The minimum Gasteiger partial charge on any atom is -0.451 e. The Bertz CT molecular complexity index is 883. The molecule has 0 aliphatic heterocycles. The first-order chi connectivity index (χ1) is 11.6. The molecule has 0 saturated heterocycles. The van der Waals surface area contributed by atoms with Crippen molar-refractivity contribution in [3.05, 3.63) is 76.5 Å². The molecule has 0 aliphatic carbocycles. The van der Waals surface area contributed by atoms with E-state index in [-0.39, 0.29) is 11.7 Å². The van der Waals surface area contributed by atoms with Crippen LogP contribution in [-0.2, 0) is 6.42 Å². The first kappa shape index (κ1) is 16.3. The topological polar surface area (TPSA) is 42.2 Å². The molecule has 0 atom stereocenters. The van der Waals surface area contributed by atoms with E-state index in [0.29, 0.717) is 10.8 Å². The Hall–Kier alpha value is -2.52. The van der Waals surface area contributed by atoms with Crippen LogP contribution in [0.15, 0.2) is 59.0 Å². The molecule has 4 heteroatoms. The molecule has 0 radical (unpaired) electrons. The molecule has 2 aromatic carbocycles. The molecule has 1 amide bonds. The molecule has 0 saturated carbocycles. The second kappa shape index (κ2) is 6.93. The van der Waals surface area contributed by atoms with Gasteiger partial charge >= 0.3 is 0 Å². The lowest BCUT2D eigenvalue weighted by atomic mass is 10.1. The van der Waals surface area contributed by atoms with E-state index in [1.807, 2.05) is 49.4 Å². The Labute approximate surface area is 146 Å². The van der Waals surface area contributed by atoms with Gasteiger partial charge in [0.15, 0.2) is 5.76 Å². The first-order valence-electron chi connectivity index (χ1n) is 7.84. The van der Waals surface area contributed by atoms with Crippen molar-refractivity contribution >= 4 is 23.2 Å². The number of carbonyl (C=O) groups excluding carboxylic acids is 1. The monoisotopic (exact) mass is 339 g/mol. The van der Waals surface area contributed by atoms with E-state index in [9.17, 15) is 4.79 Å². The van der Waals surface area contributed by atoms with Gasteiger partial charge in [0.2, 0.25) is 0 Å². The van der Waals surface area contributed by atoms with Crippen molar-refractivity contribution < 1.29 is 9.21 Å². The Morgan fingerprint density at radius 1 is 1.08 bits per heavy atom. The highest BCUT2D eigenvalue weighted by Gasteiger charge is 2.15. The maximum absolute atomic E-state index is 12.4. The van der Waals surface area contributed by atoms with Crippen LogP contribution in [0, 0.1) is 6.92 Å². The number of furan rings is 1. The van der Waals surface area contributed by atoms with Crippen molar-refractivity contribution in [2.75, 3.05) is 5.32 Å². The van der Waals surface area contributed by atoms with Gasteiger partial charge < -0.3 is 9.73 Å². The molecule has 1 N–H and O–H groups in total. The highest BCUT2D eigenvalue weighted by molar-refractivity contribution is 6.31. The lowest BCUT2D eigenvalue weighted by Gasteiger charge is -2.08. The number of nitrogens with one attached hydrogen (secondary N) is 1. The number of anilines is 1. The number of amides is 1. The highest BCUT2D eigenvalue weighted by atomic mass is 35.5. The average Bonchev–Trinajstić information content (AvgIpc) is 3.08. The summed E-state index contributed by atoms with van der Waals surface area (Å²) in [5.41, 5.74) is 3.71. The van der Waals surface area contributed by atoms with Crippen molar-refractivity contribution in [1.29, 1.82) is 0 Å². The number of para-hydroxylation sites is 1. The molecule has 24 heavy (non-hydrogen) atoms. The van der Waals surface area contributed by atoms with Crippen LogP contribution in [0.4, 0.5) is 5.69 Å². The second-order valence-electron chi connectivity index (χ2n) is 5.54. The van der Waals surface area contributed by atoms with Crippen LogP contribution >= 0.6 is 11.6 Å². The Morgan fingerprint density at radius 3 is 2.67 bits per heavy atom. The third-order valence-electron chi connectivity index (χ3n) is 4.01. The zero-order chi connectivity index (χ0) is 17.1. The molecule has 0 bridgehead atoms. The third kappa shape index (κ3) is 3.22. The fourth-order valence-electron chi connectivity index (χ4n) is 2.61. The summed E-state index contributed by atoms with van der Waals surface area (Å²) < 4.78 is 5.74. The largest absolute Gasteiger partial charge is 0.451 e. The molecule has 3 aromatic rings. The molecule has 122 valence electrons. The zero-order valence-electron chi connectivity index (χ0n) is 13.6. The maximum Gasteiger partial charge on any atom is 0.291 e. The van der Waals surface area contributed by atoms with Gasteiger partial charge in [-0.05, 0) is 48.7 Å². The van der Waals surface area contributed by atoms with Crippen molar-refractivity contribution in [3.8, 4) is 11.3 Å². The van der Waals surface area contributed by atoms with Gasteiger partial charge in [-0.15, -0.1) is 0 Å². The molecule has 1 heterocycles. The number of hydrogen-bond donors (Lipinski definition) is 1. The zero-order valence-corrected chi connectivity index (χ0v) is 14.4. The van der Waals surface area contributed by atoms with E-state index in [1.54, 1.807) is 12.1 Å². The number of benzene rings is 2. The minimum absolute atomic E-state index is 0.262. The summed E-state index contributed by atoms with van der Waals surface area (Å²) in [5.74, 6) is 0.640. The summed E-state index contributed by atoms with van der Waals surface area (Å²) >= 11 is 6.15. The predicted octanol–water partition coefficient (Wildman–Crippen LogP) is 5.72. The highest BCUT2D eigenvalue weighted by Crippen LogP contribution is 2.30. The maximum atomic E-state index is 12.4. The van der Waals surface area contributed by atoms with E-state index < -0.39 is 0 Å². The van der Waals surface area contributed by atoms with Crippen LogP contribution in [-0.4, -0.2) is 5.91 Å². The van der Waals surface area contributed by atoms with Crippen molar-refractivity contribution in [2.45, 2.75) is 20.3 Å². The van der Waals surface area contributed by atoms with Gasteiger partial charge in [0.25, 0.3) is 5.91 Å². The van der Waals surface area contributed by atoms with Crippen LogP contribution in [0.2, 0.25) is 5.02 Å². The second-order valence-corrected chi connectivity index (χ2v) is 5.95. The number of aryl methyl sites for hydroxylation is 1. The molecule has 3 nitrogen and oxygen atoms in total. The van der Waals surface area contributed by atoms with Crippen molar-refractivity contribution in [1.82, 2.24) is 0 Å². The van der Waals surface area contributed by atoms with E-state index in [0.717, 1.165) is 28.8 Å². The summed E-state index contributed by atoms with van der Waals surface area (Å²) in [6, 6.07) is 16.8. The Kier molecular flexibility index (Phi) is 4.72. The first-order valence-corrected chi connectivity index (χ1v) is 8.22. The van der Waals surface area contributed by atoms with E-state index in [4.69, 9.17) is 16.0 Å². The standard InChI is InChI=1S/C20H18ClNO2/c1-3-14-7-4-5-10-17(14)22-20(23)19-12-11-18(24-19)15-8-6-9-16(21)13(15)2/h4-12H,3H2,1-2H3,(H,22,23). The van der Waals surface area contributed by atoms with Gasteiger partial charge in [-0.1, -0.05) is 48.9 Å². The Morgan fingerprint density at radius 2 is 1.88 bits per heavy atom. The molecule has 0 spiro atoms. The predicted molar refractivity (Wildman–Crippen MR) is 97.7 cm³/mol. The quantitative estimate of drug-likeness (QED) is 0.660. The lowest BCUT2D eigenvalue weighted by Crippen LogP contribution is -2.12. The van der Waals surface area contributed by atoms with E-state index >= 15 is 0 Å². The number of hydrogen-bond acceptors (Lipinski definition) is 2. The number of carbonyl (C=O) groups is 1. The van der Waals surface area contributed by atoms with E-state index in [1.165, 1.54) is 0 Å². The molecule has 0 fully saturated rings. The van der Waals surface area contributed by atoms with Gasteiger partial charge in [0, 0.05) is 16.3 Å². The van der Waals surface area contributed by atoms with Crippen LogP contribution in [0.3, 0.4) is 0 Å². The number of halogens is 1. The molecule has 3 rings (SSSR count). The molecule has 0 aliphatic rings. The van der Waals surface area contributed by atoms with Crippen LogP contribution in [0.5, 0.6) is 0 Å². The smallest absolute Gasteiger partial charge is 0.291 e. The van der Waals surface area contributed by atoms with Gasteiger partial charge in [0.05, 0.1) is 0 Å². The third-order valence-corrected chi connectivity index (χ3v) is 4.42. The van der Waals surface area contributed by atoms with Gasteiger partial charge in [-0.3, -0.25) is 4.79 Å². The van der Waals surface area contributed by atoms with Crippen molar-refractivity contribution in [2.24, 2.45) is 0 Å². The average molecular weight is 340 g/mol. The lowest BCUT2D eigenvalue weighted by molar-refractivity contribution is 0.0997. The fraction of sp³-hybridized carbons (Fsp3) is 0.150. The summed E-state index contributed by atoms with van der Waals surface area (Å²) in [6.45, 7) is 3.98. The summed E-state index contributed by atoms with van der Waals surface area (Å²) in [4.78, 5) is 12.4.